The van der Waals surface area contributed by atoms with Crippen LogP contribution in [0.15, 0.2) is 53.7 Å². The molecule has 0 atom stereocenters. The summed E-state index contributed by atoms with van der Waals surface area (Å²) in [7, 11) is -3.68. The Hall–Kier alpha value is -2.58. The molecule has 3 heterocycles. The van der Waals surface area contributed by atoms with Crippen LogP contribution in [0.2, 0.25) is 0 Å². The van der Waals surface area contributed by atoms with E-state index in [-0.39, 0.29) is 10.9 Å². The third-order valence-corrected chi connectivity index (χ3v) is 7.25. The molecule has 0 spiro atoms. The van der Waals surface area contributed by atoms with Crippen LogP contribution < -0.4 is 14.2 Å². The zero-order valence-electron chi connectivity index (χ0n) is 16.0. The lowest BCUT2D eigenvalue weighted by Gasteiger charge is -2.31. The summed E-state index contributed by atoms with van der Waals surface area (Å²) in [5.41, 5.74) is 1.13. The first-order chi connectivity index (χ1) is 14.1. The molecule has 1 N–H and O–H groups in total. The molecule has 152 valence electrons. The molecule has 0 aromatic heterocycles. The molecule has 1 fully saturated rings. The number of nitrogens with one attached hydrogen (secondary N) is 1. The van der Waals surface area contributed by atoms with E-state index in [1.807, 2.05) is 18.3 Å². The molecule has 1 aromatic rings. The van der Waals surface area contributed by atoms with E-state index in [4.69, 9.17) is 9.47 Å². The number of pyridine rings is 1. The second-order valence-electron chi connectivity index (χ2n) is 7.55. The first-order valence-electron chi connectivity index (χ1n) is 9.94. The van der Waals surface area contributed by atoms with Gasteiger partial charge in [0.05, 0.1) is 0 Å². The van der Waals surface area contributed by atoms with Gasteiger partial charge in [-0.1, -0.05) is 6.07 Å². The van der Waals surface area contributed by atoms with Gasteiger partial charge >= 0.3 is 0 Å². The largest absolute Gasteiger partial charge is 0.486 e. The molecule has 1 saturated carbocycles. The Labute approximate surface area is 170 Å². The zero-order valence-corrected chi connectivity index (χ0v) is 16.8. The first kappa shape index (κ1) is 18.4. The van der Waals surface area contributed by atoms with Gasteiger partial charge in [0, 0.05) is 30.0 Å². The monoisotopic (exact) mass is 413 g/mol. The van der Waals surface area contributed by atoms with Gasteiger partial charge in [-0.05, 0) is 56.0 Å². The highest BCUT2D eigenvalue weighted by atomic mass is 32.2. The molecule has 0 amide bonds. The Bertz CT molecular complexity index is 1090. The number of para-hydroxylation sites is 1. The molecule has 0 bridgehead atoms. The molecular weight excluding hydrogens is 390 g/mol. The number of rotatable bonds is 4. The van der Waals surface area contributed by atoms with Gasteiger partial charge in [0.2, 0.25) is 10.0 Å². The van der Waals surface area contributed by atoms with Crippen LogP contribution in [0.5, 0.6) is 11.5 Å². The number of fused-ring (bicyclic) bond motifs is 2. The van der Waals surface area contributed by atoms with Gasteiger partial charge in [0.1, 0.15) is 23.9 Å². The summed E-state index contributed by atoms with van der Waals surface area (Å²) in [6.07, 6.45) is 7.25. The Kier molecular flexibility index (Phi) is 4.67. The Morgan fingerprint density at radius 3 is 2.69 bits per heavy atom. The third kappa shape index (κ3) is 3.47. The van der Waals surface area contributed by atoms with E-state index < -0.39 is 10.0 Å². The summed E-state index contributed by atoms with van der Waals surface area (Å²) in [6, 6.07) is 11.3. The Balaban J connectivity index is 1.29. The number of hydrogen-bond donors (Lipinski definition) is 1. The molecule has 3 aliphatic heterocycles. The lowest BCUT2D eigenvalue weighted by molar-refractivity contribution is 0.167. The molecule has 0 saturated heterocycles. The number of sulfonamides is 1. The minimum absolute atomic E-state index is 0.0935. The van der Waals surface area contributed by atoms with Crippen LogP contribution in [-0.2, 0) is 10.0 Å². The van der Waals surface area contributed by atoms with Crippen molar-refractivity contribution in [2.45, 2.75) is 42.7 Å². The van der Waals surface area contributed by atoms with E-state index in [2.05, 4.69) is 26.5 Å². The van der Waals surface area contributed by atoms with Crippen molar-refractivity contribution < 1.29 is 17.9 Å². The maximum absolute atomic E-state index is 13.0. The summed E-state index contributed by atoms with van der Waals surface area (Å²) < 4.78 is 42.2. The molecule has 5 rings (SSSR count). The topological polar surface area (TPSA) is 82.5 Å². The van der Waals surface area contributed by atoms with E-state index in [1.165, 1.54) is 0 Å². The highest BCUT2D eigenvalue weighted by molar-refractivity contribution is 7.89. The fourth-order valence-corrected chi connectivity index (χ4v) is 5.76. The third-order valence-electron chi connectivity index (χ3n) is 5.71. The van der Waals surface area contributed by atoms with Gasteiger partial charge < -0.3 is 14.0 Å². The second-order valence-corrected chi connectivity index (χ2v) is 9.23. The van der Waals surface area contributed by atoms with E-state index in [9.17, 15) is 8.42 Å². The van der Waals surface area contributed by atoms with Crippen molar-refractivity contribution in [3.05, 3.63) is 48.8 Å². The minimum Gasteiger partial charge on any atom is -0.486 e. The highest BCUT2D eigenvalue weighted by Gasteiger charge is 2.30. The van der Waals surface area contributed by atoms with Crippen LogP contribution in [0.25, 0.3) is 11.4 Å². The summed E-state index contributed by atoms with van der Waals surface area (Å²) >= 11 is 0. The smallest absolute Gasteiger partial charge is 0.244 e. The standard InChI is InChI=1S/C21H23N3O4S/c25-29(26,19-5-1-4-18-20(19)28-14-13-27-18)23-16-6-8-17(9-7-16)24-12-2-3-15-10-11-22-21(15)24/h1-5,10-12,16-17,23H,6-9,13-14H2. The molecule has 1 aliphatic carbocycles. The number of benzene rings is 1. The van der Waals surface area contributed by atoms with E-state index in [0.29, 0.717) is 30.8 Å². The molecule has 1 aromatic carbocycles. The van der Waals surface area contributed by atoms with Crippen LogP contribution in [0.3, 0.4) is 0 Å². The quantitative estimate of drug-likeness (QED) is 0.710. The molecule has 8 heteroatoms. The van der Waals surface area contributed by atoms with E-state index in [0.717, 1.165) is 37.1 Å². The molecule has 7 nitrogen and oxygen atoms in total. The maximum Gasteiger partial charge on any atom is 0.244 e. The summed E-state index contributed by atoms with van der Waals surface area (Å²) in [5, 5.41) is 0. The summed E-state index contributed by atoms with van der Waals surface area (Å²) in [6.45, 7) is 0.778. The number of nitrogens with zero attached hydrogens (tertiary/aromatic N) is 2. The lowest BCUT2D eigenvalue weighted by atomic mass is 9.91. The summed E-state index contributed by atoms with van der Waals surface area (Å²) in [5.74, 6) is 1.78. The maximum atomic E-state index is 13.0. The number of aromatic nitrogens is 2. The normalized spacial score (nSPS) is 21.9. The molecule has 0 radical (unpaired) electrons. The van der Waals surface area contributed by atoms with Crippen molar-refractivity contribution >= 4 is 10.0 Å². The van der Waals surface area contributed by atoms with Gasteiger partial charge in [-0.25, -0.2) is 18.1 Å². The fourth-order valence-electron chi connectivity index (χ4n) is 4.30. The minimum atomic E-state index is -3.68. The highest BCUT2D eigenvalue weighted by Crippen LogP contribution is 2.37. The lowest BCUT2D eigenvalue weighted by Crippen LogP contribution is -2.38. The van der Waals surface area contributed by atoms with Crippen molar-refractivity contribution in [2.75, 3.05) is 13.2 Å². The van der Waals surface area contributed by atoms with Crippen LogP contribution in [-0.4, -0.2) is 37.2 Å². The Morgan fingerprint density at radius 2 is 1.83 bits per heavy atom. The van der Waals surface area contributed by atoms with Crippen LogP contribution in [0, 0.1) is 0 Å². The van der Waals surface area contributed by atoms with Crippen molar-refractivity contribution in [3.8, 4) is 22.9 Å². The predicted molar refractivity (Wildman–Crippen MR) is 108 cm³/mol. The van der Waals surface area contributed by atoms with Gasteiger partial charge in [0.25, 0.3) is 0 Å². The number of hydrogen-bond acceptors (Lipinski definition) is 5. The van der Waals surface area contributed by atoms with E-state index in [1.54, 1.807) is 18.2 Å². The molecule has 0 unspecified atom stereocenters. The average Bonchev–Trinajstić information content (AvgIpc) is 3.23. The van der Waals surface area contributed by atoms with Crippen molar-refractivity contribution in [3.63, 3.8) is 0 Å². The van der Waals surface area contributed by atoms with Crippen molar-refractivity contribution in [1.29, 1.82) is 0 Å². The molecule has 29 heavy (non-hydrogen) atoms. The number of ether oxygens (including phenoxy) is 2. The predicted octanol–water partition coefficient (Wildman–Crippen LogP) is 3.22. The SMILES string of the molecule is O=S(=O)(NC1CCC(n2cccc3ccnc2-3)CC1)c1cccc2c1OCCO2. The van der Waals surface area contributed by atoms with Crippen LogP contribution in [0.4, 0.5) is 0 Å². The molecule has 4 aliphatic rings. The van der Waals surface area contributed by atoms with Crippen LogP contribution >= 0.6 is 0 Å². The van der Waals surface area contributed by atoms with Crippen molar-refractivity contribution in [2.24, 2.45) is 0 Å². The zero-order chi connectivity index (χ0) is 19.8. The summed E-state index contributed by atoms with van der Waals surface area (Å²) in [4.78, 5) is 4.63. The van der Waals surface area contributed by atoms with Gasteiger partial charge in [-0.3, -0.25) is 0 Å². The van der Waals surface area contributed by atoms with E-state index >= 15 is 0 Å². The van der Waals surface area contributed by atoms with Crippen LogP contribution in [0.1, 0.15) is 31.7 Å². The first-order valence-corrected chi connectivity index (χ1v) is 11.4. The average molecular weight is 413 g/mol. The van der Waals surface area contributed by atoms with Gasteiger partial charge in [-0.2, -0.15) is 0 Å². The van der Waals surface area contributed by atoms with Gasteiger partial charge in [-0.15, -0.1) is 0 Å². The second kappa shape index (κ2) is 7.35. The van der Waals surface area contributed by atoms with Gasteiger partial charge in [0.15, 0.2) is 11.5 Å². The van der Waals surface area contributed by atoms with Crippen molar-refractivity contribution in [1.82, 2.24) is 14.3 Å². The Morgan fingerprint density at radius 1 is 1.00 bits per heavy atom. The fraction of sp³-hybridized carbons (Fsp3) is 0.381. The molecular formula is C21H23N3O4S.